The van der Waals surface area contributed by atoms with Gasteiger partial charge in [0.05, 0.1) is 6.10 Å². The first kappa shape index (κ1) is 17.4. The summed E-state index contributed by atoms with van der Waals surface area (Å²) in [4.78, 5) is 11.7. The lowest BCUT2D eigenvalue weighted by atomic mass is 10.1. The molecule has 1 unspecified atom stereocenters. The molecule has 0 aromatic rings. The summed E-state index contributed by atoms with van der Waals surface area (Å²) in [5.74, 6) is 0.364. The van der Waals surface area contributed by atoms with Crippen molar-refractivity contribution in [2.45, 2.75) is 84.5 Å². The van der Waals surface area contributed by atoms with Crippen molar-refractivity contribution < 1.29 is 14.3 Å². The van der Waals surface area contributed by atoms with Crippen molar-refractivity contribution in [2.24, 2.45) is 0 Å². The third kappa shape index (κ3) is 8.49. The van der Waals surface area contributed by atoms with Gasteiger partial charge in [-0.05, 0) is 59.3 Å². The van der Waals surface area contributed by atoms with Crippen molar-refractivity contribution in [1.82, 2.24) is 0 Å². The molecule has 0 aliphatic carbocycles. The first-order chi connectivity index (χ1) is 9.58. The molecule has 1 saturated heterocycles. The average molecular weight is 282 g/mol. The normalized spacial score (nSPS) is 20.4. The Balaban J connectivity index is 2.04. The van der Waals surface area contributed by atoms with Crippen LogP contribution in [0.2, 0.25) is 0 Å². The van der Waals surface area contributed by atoms with Crippen LogP contribution in [0.5, 0.6) is 0 Å². The monoisotopic (exact) mass is 282 g/mol. The van der Waals surface area contributed by atoms with Crippen LogP contribution in [0.1, 0.15) is 72.1 Å². The Labute approximate surface area is 123 Å². The number of ketones is 1. The number of Topliss-reactive ketones (excluding diaryl/α,β-unsaturated/α-hetero) is 1. The maximum absolute atomic E-state index is 11.7. The fraction of sp³-hybridized carbons (Fsp3) is 0.824. The summed E-state index contributed by atoms with van der Waals surface area (Å²) in [6.45, 7) is 7.03. The van der Waals surface area contributed by atoms with Crippen LogP contribution >= 0.6 is 0 Å². The van der Waals surface area contributed by atoms with Gasteiger partial charge >= 0.3 is 0 Å². The van der Waals surface area contributed by atoms with Crippen molar-refractivity contribution >= 4 is 5.78 Å². The van der Waals surface area contributed by atoms with Gasteiger partial charge in [-0.25, -0.2) is 0 Å². The van der Waals surface area contributed by atoms with Crippen LogP contribution in [0, 0.1) is 0 Å². The van der Waals surface area contributed by atoms with E-state index in [9.17, 15) is 4.79 Å². The van der Waals surface area contributed by atoms with Gasteiger partial charge in [0.15, 0.2) is 6.29 Å². The SMILES string of the molecule is CC(C)=CCCC(=O)CCC[C@@H](C)OC1CCCCO1. The molecule has 0 aromatic heterocycles. The number of hydrogen-bond acceptors (Lipinski definition) is 3. The molecule has 116 valence electrons. The van der Waals surface area contributed by atoms with E-state index in [-0.39, 0.29) is 12.4 Å². The smallest absolute Gasteiger partial charge is 0.157 e. The van der Waals surface area contributed by atoms with Crippen molar-refractivity contribution in [3.8, 4) is 0 Å². The Bertz CT molecular complexity index is 299. The molecule has 1 aliphatic rings. The average Bonchev–Trinajstić information content (AvgIpc) is 2.39. The zero-order chi connectivity index (χ0) is 14.8. The summed E-state index contributed by atoms with van der Waals surface area (Å²) in [6, 6.07) is 0. The largest absolute Gasteiger partial charge is 0.353 e. The number of carbonyl (C=O) groups excluding carboxylic acids is 1. The molecule has 0 aromatic carbocycles. The van der Waals surface area contributed by atoms with Crippen LogP contribution in [-0.2, 0) is 14.3 Å². The molecular formula is C17H30O3. The van der Waals surface area contributed by atoms with Gasteiger partial charge < -0.3 is 9.47 Å². The van der Waals surface area contributed by atoms with E-state index in [1.54, 1.807) is 0 Å². The van der Waals surface area contributed by atoms with Crippen molar-refractivity contribution in [1.29, 1.82) is 0 Å². The molecule has 0 N–H and O–H groups in total. The summed E-state index contributed by atoms with van der Waals surface area (Å²) < 4.78 is 11.4. The molecule has 20 heavy (non-hydrogen) atoms. The first-order valence-corrected chi connectivity index (χ1v) is 8.00. The van der Waals surface area contributed by atoms with Crippen LogP contribution < -0.4 is 0 Å². The summed E-state index contributed by atoms with van der Waals surface area (Å²) >= 11 is 0. The standard InChI is InChI=1S/C17H30O3/c1-14(2)8-6-10-16(18)11-7-9-15(3)20-17-12-4-5-13-19-17/h8,15,17H,4-7,9-13H2,1-3H3/t15-,17?/m1/s1. The van der Waals surface area contributed by atoms with E-state index in [0.717, 1.165) is 38.7 Å². The summed E-state index contributed by atoms with van der Waals surface area (Å²) in [5.41, 5.74) is 1.28. The van der Waals surface area contributed by atoms with Crippen molar-refractivity contribution in [2.75, 3.05) is 6.61 Å². The van der Waals surface area contributed by atoms with Crippen molar-refractivity contribution in [3.63, 3.8) is 0 Å². The minimum atomic E-state index is -0.0212. The molecular weight excluding hydrogens is 252 g/mol. The number of rotatable bonds is 9. The van der Waals surface area contributed by atoms with E-state index in [1.807, 2.05) is 0 Å². The molecule has 0 spiro atoms. The van der Waals surface area contributed by atoms with Crippen LogP contribution in [0.25, 0.3) is 0 Å². The van der Waals surface area contributed by atoms with Gasteiger partial charge in [0.25, 0.3) is 0 Å². The summed E-state index contributed by atoms with van der Waals surface area (Å²) in [7, 11) is 0. The molecule has 0 bridgehead atoms. The van der Waals surface area contributed by atoms with E-state index in [1.165, 1.54) is 12.0 Å². The number of hydrogen-bond donors (Lipinski definition) is 0. The molecule has 0 radical (unpaired) electrons. The minimum Gasteiger partial charge on any atom is -0.353 e. The predicted octanol–water partition coefficient (Wildman–Crippen LogP) is 4.40. The second-order valence-corrected chi connectivity index (χ2v) is 5.99. The zero-order valence-corrected chi connectivity index (χ0v) is 13.3. The second kappa shape index (κ2) is 10.1. The van der Waals surface area contributed by atoms with Gasteiger partial charge in [0.1, 0.15) is 5.78 Å². The third-order valence-electron chi connectivity index (χ3n) is 3.56. The quantitative estimate of drug-likeness (QED) is 0.588. The highest BCUT2D eigenvalue weighted by Gasteiger charge is 2.17. The van der Waals surface area contributed by atoms with Gasteiger partial charge in [-0.2, -0.15) is 0 Å². The lowest BCUT2D eigenvalue weighted by molar-refractivity contribution is -0.185. The van der Waals surface area contributed by atoms with Gasteiger partial charge in [0, 0.05) is 19.4 Å². The second-order valence-electron chi connectivity index (χ2n) is 5.99. The minimum absolute atomic E-state index is 0.0212. The third-order valence-corrected chi connectivity index (χ3v) is 3.56. The maximum Gasteiger partial charge on any atom is 0.157 e. The molecule has 1 rings (SSSR count). The van der Waals surface area contributed by atoms with Crippen LogP contribution in [0.4, 0.5) is 0 Å². The molecule has 2 atom stereocenters. The van der Waals surface area contributed by atoms with E-state index in [4.69, 9.17) is 9.47 Å². The lowest BCUT2D eigenvalue weighted by Crippen LogP contribution is -2.26. The van der Waals surface area contributed by atoms with Gasteiger partial charge in [-0.3, -0.25) is 4.79 Å². The summed E-state index contributed by atoms with van der Waals surface area (Å²) in [6.07, 6.45) is 9.72. The van der Waals surface area contributed by atoms with E-state index in [0.29, 0.717) is 18.6 Å². The maximum atomic E-state index is 11.7. The molecule has 1 fully saturated rings. The van der Waals surface area contributed by atoms with E-state index >= 15 is 0 Å². The van der Waals surface area contributed by atoms with Gasteiger partial charge in [-0.1, -0.05) is 11.6 Å². The Morgan fingerprint density at radius 1 is 1.35 bits per heavy atom. The fourth-order valence-electron chi connectivity index (χ4n) is 2.38. The Kier molecular flexibility index (Phi) is 8.79. The summed E-state index contributed by atoms with van der Waals surface area (Å²) in [5, 5.41) is 0. The van der Waals surface area contributed by atoms with E-state index < -0.39 is 0 Å². The zero-order valence-electron chi connectivity index (χ0n) is 13.3. The highest BCUT2D eigenvalue weighted by Crippen LogP contribution is 2.17. The predicted molar refractivity (Wildman–Crippen MR) is 81.7 cm³/mol. The van der Waals surface area contributed by atoms with E-state index in [2.05, 4.69) is 26.8 Å². The van der Waals surface area contributed by atoms with Crippen LogP contribution in [-0.4, -0.2) is 24.8 Å². The number of ether oxygens (including phenoxy) is 2. The number of carbonyl (C=O) groups is 1. The highest BCUT2D eigenvalue weighted by atomic mass is 16.7. The molecule has 0 saturated carbocycles. The lowest BCUT2D eigenvalue weighted by Gasteiger charge is -2.26. The molecule has 3 nitrogen and oxygen atoms in total. The molecule has 3 heteroatoms. The topological polar surface area (TPSA) is 35.5 Å². The molecule has 0 amide bonds. The van der Waals surface area contributed by atoms with Crippen LogP contribution in [0.15, 0.2) is 11.6 Å². The number of allylic oxidation sites excluding steroid dienone is 2. The first-order valence-electron chi connectivity index (χ1n) is 8.00. The fourth-order valence-corrected chi connectivity index (χ4v) is 2.38. The Morgan fingerprint density at radius 3 is 2.80 bits per heavy atom. The van der Waals surface area contributed by atoms with Crippen LogP contribution in [0.3, 0.4) is 0 Å². The van der Waals surface area contributed by atoms with Gasteiger partial charge in [0.2, 0.25) is 0 Å². The van der Waals surface area contributed by atoms with Crippen molar-refractivity contribution in [3.05, 3.63) is 11.6 Å². The molecule has 1 heterocycles. The van der Waals surface area contributed by atoms with Gasteiger partial charge in [-0.15, -0.1) is 0 Å². The Hall–Kier alpha value is -0.670. The molecule has 1 aliphatic heterocycles. The Morgan fingerprint density at radius 2 is 2.15 bits per heavy atom. The highest BCUT2D eigenvalue weighted by molar-refractivity contribution is 5.78.